The molecule has 0 unspecified atom stereocenters. The first kappa shape index (κ1) is 13.2. The van der Waals surface area contributed by atoms with Crippen LogP contribution in [0.25, 0.3) is 0 Å². The van der Waals surface area contributed by atoms with Crippen LogP contribution < -0.4 is 5.32 Å². The van der Waals surface area contributed by atoms with Crippen LogP contribution in [0.5, 0.6) is 0 Å². The molecule has 0 aromatic heterocycles. The van der Waals surface area contributed by atoms with Crippen molar-refractivity contribution in [3.8, 4) is 0 Å². The Labute approximate surface area is 99.5 Å². The first-order chi connectivity index (χ1) is 7.74. The van der Waals surface area contributed by atoms with Crippen molar-refractivity contribution in [1.29, 1.82) is 0 Å². The average Bonchev–Trinajstić information content (AvgIpc) is 2.26. The van der Waals surface area contributed by atoms with Crippen LogP contribution in [0.2, 0.25) is 5.02 Å². The third-order valence-corrected chi connectivity index (χ3v) is 2.16. The van der Waals surface area contributed by atoms with Crippen molar-refractivity contribution in [1.82, 2.24) is 0 Å². The molecule has 90 valence electrons. The summed E-state index contributed by atoms with van der Waals surface area (Å²) in [7, 11) is 1.62. The molecule has 3 nitrogen and oxygen atoms in total. The maximum Gasteiger partial charge on any atom is 0.147 e. The molecular weight excluding hydrogens is 233 g/mol. The quantitative estimate of drug-likeness (QED) is 0.752. The molecule has 0 atom stereocenters. The van der Waals surface area contributed by atoms with Crippen LogP contribution in [0.15, 0.2) is 18.2 Å². The predicted octanol–water partition coefficient (Wildman–Crippen LogP) is 2.55. The zero-order valence-electron chi connectivity index (χ0n) is 9.13. The van der Waals surface area contributed by atoms with E-state index in [0.717, 1.165) is 0 Å². The minimum Gasteiger partial charge on any atom is -0.382 e. The molecule has 16 heavy (non-hydrogen) atoms. The highest BCUT2D eigenvalue weighted by molar-refractivity contribution is 6.30. The molecule has 1 aromatic carbocycles. The first-order valence-electron chi connectivity index (χ1n) is 4.99. The van der Waals surface area contributed by atoms with Gasteiger partial charge in [0.05, 0.1) is 25.5 Å². The first-order valence-corrected chi connectivity index (χ1v) is 5.37. The van der Waals surface area contributed by atoms with Gasteiger partial charge in [0.25, 0.3) is 0 Å². The van der Waals surface area contributed by atoms with Crippen molar-refractivity contribution in [3.05, 3.63) is 29.0 Å². The number of nitrogens with one attached hydrogen (secondary N) is 1. The molecule has 0 spiro atoms. The molecule has 0 aliphatic carbocycles. The largest absolute Gasteiger partial charge is 0.382 e. The molecule has 0 saturated heterocycles. The maximum absolute atomic E-state index is 13.3. The summed E-state index contributed by atoms with van der Waals surface area (Å²) in [5, 5.41) is 3.31. The van der Waals surface area contributed by atoms with Gasteiger partial charge in [-0.05, 0) is 18.2 Å². The van der Waals surface area contributed by atoms with E-state index in [1.165, 1.54) is 6.07 Å². The van der Waals surface area contributed by atoms with Gasteiger partial charge in [-0.1, -0.05) is 11.6 Å². The van der Waals surface area contributed by atoms with E-state index in [4.69, 9.17) is 21.1 Å². The van der Waals surface area contributed by atoms with E-state index in [1.807, 2.05) is 0 Å². The summed E-state index contributed by atoms with van der Waals surface area (Å²) < 4.78 is 23.3. The van der Waals surface area contributed by atoms with Crippen molar-refractivity contribution in [2.24, 2.45) is 0 Å². The fraction of sp³-hybridized carbons (Fsp3) is 0.455. The Morgan fingerprint density at radius 3 is 2.81 bits per heavy atom. The molecule has 1 N–H and O–H groups in total. The molecule has 0 saturated carbocycles. The number of anilines is 1. The van der Waals surface area contributed by atoms with E-state index in [-0.39, 0.29) is 5.82 Å². The Bertz CT molecular complexity index is 323. The fourth-order valence-corrected chi connectivity index (χ4v) is 1.29. The van der Waals surface area contributed by atoms with Gasteiger partial charge in [-0.2, -0.15) is 0 Å². The van der Waals surface area contributed by atoms with Gasteiger partial charge in [0.2, 0.25) is 0 Å². The van der Waals surface area contributed by atoms with E-state index < -0.39 is 0 Å². The monoisotopic (exact) mass is 247 g/mol. The van der Waals surface area contributed by atoms with Crippen molar-refractivity contribution < 1.29 is 13.9 Å². The molecule has 0 bridgehead atoms. The van der Waals surface area contributed by atoms with Crippen LogP contribution in [0.4, 0.5) is 10.1 Å². The number of hydrogen-bond donors (Lipinski definition) is 1. The Kier molecular flexibility index (Phi) is 6.15. The third-order valence-electron chi connectivity index (χ3n) is 1.92. The summed E-state index contributed by atoms with van der Waals surface area (Å²) in [6.45, 7) is 2.16. The number of benzene rings is 1. The lowest BCUT2D eigenvalue weighted by Crippen LogP contribution is -2.12. The third kappa shape index (κ3) is 4.79. The second kappa shape index (κ2) is 7.44. The minimum atomic E-state index is -0.357. The minimum absolute atomic E-state index is 0.357. The Hall–Kier alpha value is -0.840. The van der Waals surface area contributed by atoms with Crippen molar-refractivity contribution in [2.45, 2.75) is 0 Å². The molecule has 0 aliphatic rings. The van der Waals surface area contributed by atoms with Gasteiger partial charge < -0.3 is 14.8 Å². The van der Waals surface area contributed by atoms with Gasteiger partial charge in [-0.25, -0.2) is 4.39 Å². The lowest BCUT2D eigenvalue weighted by atomic mass is 10.3. The van der Waals surface area contributed by atoms with Crippen molar-refractivity contribution >= 4 is 17.3 Å². The van der Waals surface area contributed by atoms with E-state index in [0.29, 0.717) is 37.1 Å². The number of halogens is 2. The van der Waals surface area contributed by atoms with Crippen LogP contribution in [0, 0.1) is 5.82 Å². The van der Waals surface area contributed by atoms with E-state index in [2.05, 4.69) is 5.32 Å². The summed E-state index contributed by atoms with van der Waals surface area (Å²) in [4.78, 5) is 0. The fourth-order valence-electron chi connectivity index (χ4n) is 1.14. The zero-order chi connectivity index (χ0) is 11.8. The summed E-state index contributed by atoms with van der Waals surface area (Å²) in [5.41, 5.74) is 0.430. The van der Waals surface area contributed by atoms with Crippen molar-refractivity contribution in [3.63, 3.8) is 0 Å². The normalized spacial score (nSPS) is 10.4. The maximum atomic E-state index is 13.3. The molecule has 0 amide bonds. The highest BCUT2D eigenvalue weighted by atomic mass is 35.5. The smallest absolute Gasteiger partial charge is 0.147 e. The number of methoxy groups -OCH3 is 1. The predicted molar refractivity (Wildman–Crippen MR) is 62.6 cm³/mol. The second-order valence-corrected chi connectivity index (χ2v) is 3.59. The van der Waals surface area contributed by atoms with Crippen molar-refractivity contribution in [2.75, 3.05) is 38.8 Å². The van der Waals surface area contributed by atoms with Crippen LogP contribution in [0.1, 0.15) is 0 Å². The topological polar surface area (TPSA) is 30.5 Å². The number of rotatable bonds is 7. The van der Waals surface area contributed by atoms with Gasteiger partial charge in [0.1, 0.15) is 5.82 Å². The Balaban J connectivity index is 2.21. The number of hydrogen-bond acceptors (Lipinski definition) is 3. The van der Waals surface area contributed by atoms with Crippen LogP contribution in [-0.2, 0) is 9.47 Å². The molecule has 5 heteroatoms. The van der Waals surface area contributed by atoms with Gasteiger partial charge in [-0.3, -0.25) is 0 Å². The molecule has 0 aliphatic heterocycles. The van der Waals surface area contributed by atoms with Gasteiger partial charge in [0, 0.05) is 18.7 Å². The Morgan fingerprint density at radius 1 is 1.31 bits per heavy atom. The molecule has 1 aromatic rings. The Morgan fingerprint density at radius 2 is 2.12 bits per heavy atom. The lowest BCUT2D eigenvalue weighted by Gasteiger charge is -2.08. The van der Waals surface area contributed by atoms with E-state index >= 15 is 0 Å². The van der Waals surface area contributed by atoms with E-state index in [1.54, 1.807) is 19.2 Å². The lowest BCUT2D eigenvalue weighted by molar-refractivity contribution is 0.0759. The van der Waals surface area contributed by atoms with Gasteiger partial charge in [0.15, 0.2) is 0 Å². The molecule has 0 heterocycles. The van der Waals surface area contributed by atoms with E-state index in [9.17, 15) is 4.39 Å². The molecule has 0 radical (unpaired) electrons. The van der Waals surface area contributed by atoms with Crippen LogP contribution in [0.3, 0.4) is 0 Å². The van der Waals surface area contributed by atoms with Gasteiger partial charge in [-0.15, -0.1) is 0 Å². The SMILES string of the molecule is COCCOCCNc1ccc(Cl)cc1F. The highest BCUT2D eigenvalue weighted by Gasteiger charge is 2.01. The average molecular weight is 248 g/mol. The molecular formula is C11H15ClFNO2. The second-order valence-electron chi connectivity index (χ2n) is 3.16. The molecule has 0 fully saturated rings. The van der Waals surface area contributed by atoms with Crippen LogP contribution in [-0.4, -0.2) is 33.5 Å². The van der Waals surface area contributed by atoms with Crippen LogP contribution >= 0.6 is 11.6 Å². The standard InChI is InChI=1S/C11H15ClFNO2/c1-15-6-7-16-5-4-14-11-3-2-9(12)8-10(11)13/h2-3,8,14H,4-7H2,1H3. The zero-order valence-corrected chi connectivity index (χ0v) is 9.89. The summed E-state index contributed by atoms with van der Waals surface area (Å²) in [6, 6.07) is 4.52. The van der Waals surface area contributed by atoms with Gasteiger partial charge >= 0.3 is 0 Å². The highest BCUT2D eigenvalue weighted by Crippen LogP contribution is 2.18. The summed E-state index contributed by atoms with van der Waals surface area (Å²) >= 11 is 5.63. The number of ether oxygens (including phenoxy) is 2. The summed E-state index contributed by atoms with van der Waals surface area (Å²) in [5.74, 6) is -0.357. The molecule has 1 rings (SSSR count). The summed E-state index contributed by atoms with van der Waals surface area (Å²) in [6.07, 6.45) is 0.